The zero-order valence-corrected chi connectivity index (χ0v) is 22.2. The van der Waals surface area contributed by atoms with Crippen LogP contribution in [0, 0.1) is 0 Å². The van der Waals surface area contributed by atoms with Crippen LogP contribution in [-0.4, -0.2) is 44.9 Å². The predicted molar refractivity (Wildman–Crippen MR) is 139 cm³/mol. The Bertz CT molecular complexity index is 989. The number of para-hydroxylation sites is 1. The van der Waals surface area contributed by atoms with E-state index in [9.17, 15) is 8.42 Å². The van der Waals surface area contributed by atoms with Crippen LogP contribution in [0.4, 0.5) is 5.69 Å². The summed E-state index contributed by atoms with van der Waals surface area (Å²) in [6.45, 7) is 8.03. The van der Waals surface area contributed by atoms with Crippen LogP contribution in [0.2, 0.25) is 0 Å². The molecule has 3 rings (SSSR count). The highest BCUT2D eigenvalue weighted by molar-refractivity contribution is 14.0. The molecule has 0 saturated carbocycles. The first kappa shape index (κ1) is 26.4. The summed E-state index contributed by atoms with van der Waals surface area (Å²) < 4.78 is 32.6. The lowest BCUT2D eigenvalue weighted by molar-refractivity contribution is 0.372. The van der Waals surface area contributed by atoms with E-state index in [4.69, 9.17) is 4.52 Å². The van der Waals surface area contributed by atoms with E-state index in [-0.39, 0.29) is 36.3 Å². The number of fused-ring (bicyclic) bond motifs is 1. The fourth-order valence-electron chi connectivity index (χ4n) is 3.81. The Morgan fingerprint density at radius 3 is 2.69 bits per heavy atom. The van der Waals surface area contributed by atoms with Crippen molar-refractivity contribution >= 4 is 45.6 Å². The zero-order valence-electron chi connectivity index (χ0n) is 19.0. The minimum atomic E-state index is -3.40. The Kier molecular flexibility index (Phi) is 10.3. The van der Waals surface area contributed by atoms with Gasteiger partial charge >= 0.3 is 0 Å². The SMILES string of the molecule is CCNC(=NCc1cc(C(CC)CC)no1)NCCS(=O)(=O)N1CCc2ccccc21.I. The molecule has 32 heavy (non-hydrogen) atoms. The van der Waals surface area contributed by atoms with Crippen molar-refractivity contribution in [2.24, 2.45) is 4.99 Å². The van der Waals surface area contributed by atoms with Crippen LogP contribution in [0.5, 0.6) is 0 Å². The average Bonchev–Trinajstić information content (AvgIpc) is 3.40. The number of hydrogen-bond donors (Lipinski definition) is 2. The molecule has 178 valence electrons. The van der Waals surface area contributed by atoms with Crippen molar-refractivity contribution in [1.29, 1.82) is 0 Å². The van der Waals surface area contributed by atoms with Crippen LogP contribution in [0.1, 0.15) is 56.5 Å². The molecule has 0 fully saturated rings. The highest BCUT2D eigenvalue weighted by Crippen LogP contribution is 2.29. The van der Waals surface area contributed by atoms with Crippen molar-refractivity contribution in [3.05, 3.63) is 47.3 Å². The first-order chi connectivity index (χ1) is 15.0. The molecule has 1 aliphatic heterocycles. The van der Waals surface area contributed by atoms with Gasteiger partial charge in [0.25, 0.3) is 0 Å². The number of halogens is 1. The second-order valence-corrected chi connectivity index (χ2v) is 9.63. The van der Waals surface area contributed by atoms with E-state index in [0.717, 1.165) is 36.2 Å². The molecule has 2 aromatic rings. The van der Waals surface area contributed by atoms with Crippen LogP contribution in [0.3, 0.4) is 0 Å². The van der Waals surface area contributed by atoms with Crippen LogP contribution in [0.15, 0.2) is 39.8 Å². The molecular formula is C22H34IN5O3S. The summed E-state index contributed by atoms with van der Waals surface area (Å²) >= 11 is 0. The summed E-state index contributed by atoms with van der Waals surface area (Å²) in [7, 11) is -3.40. The van der Waals surface area contributed by atoms with Crippen molar-refractivity contribution in [3.63, 3.8) is 0 Å². The molecule has 1 aliphatic rings. The maximum atomic E-state index is 12.8. The van der Waals surface area contributed by atoms with Gasteiger partial charge in [-0.15, -0.1) is 24.0 Å². The van der Waals surface area contributed by atoms with Gasteiger partial charge in [0, 0.05) is 31.6 Å². The number of hydrogen-bond acceptors (Lipinski definition) is 5. The largest absolute Gasteiger partial charge is 0.359 e. The van der Waals surface area contributed by atoms with Gasteiger partial charge in [0.15, 0.2) is 11.7 Å². The lowest BCUT2D eigenvalue weighted by Gasteiger charge is -2.20. The van der Waals surface area contributed by atoms with Gasteiger partial charge in [-0.25, -0.2) is 13.4 Å². The van der Waals surface area contributed by atoms with Gasteiger partial charge in [0.1, 0.15) is 6.54 Å². The minimum absolute atomic E-state index is 0. The first-order valence-corrected chi connectivity index (χ1v) is 12.6. The number of guanidine groups is 1. The normalized spacial score (nSPS) is 13.8. The van der Waals surface area contributed by atoms with E-state index in [1.165, 1.54) is 4.31 Å². The summed E-state index contributed by atoms with van der Waals surface area (Å²) in [5.74, 6) is 1.64. The molecule has 0 aliphatic carbocycles. The van der Waals surface area contributed by atoms with Gasteiger partial charge < -0.3 is 15.2 Å². The van der Waals surface area contributed by atoms with Gasteiger partial charge in [-0.1, -0.05) is 37.2 Å². The molecule has 0 bridgehead atoms. The number of nitrogens with one attached hydrogen (secondary N) is 2. The van der Waals surface area contributed by atoms with Gasteiger partial charge in [-0.3, -0.25) is 4.31 Å². The predicted octanol–water partition coefficient (Wildman–Crippen LogP) is 3.64. The minimum Gasteiger partial charge on any atom is -0.359 e. The van der Waals surface area contributed by atoms with Crippen molar-refractivity contribution < 1.29 is 12.9 Å². The lowest BCUT2D eigenvalue weighted by Crippen LogP contribution is -2.42. The molecule has 1 aromatic carbocycles. The van der Waals surface area contributed by atoms with Crippen LogP contribution in [-0.2, 0) is 23.0 Å². The molecule has 0 amide bonds. The summed E-state index contributed by atoms with van der Waals surface area (Å²) in [5, 5.41) is 10.4. The van der Waals surface area contributed by atoms with E-state index in [2.05, 4.69) is 34.6 Å². The molecule has 10 heteroatoms. The average molecular weight is 576 g/mol. The number of rotatable bonds is 10. The summed E-state index contributed by atoms with van der Waals surface area (Å²) in [4.78, 5) is 4.51. The third kappa shape index (κ3) is 6.60. The standard InChI is InChI=1S/C22H33N5O3S.HI/c1-4-17(5-2)20-15-19(30-26-20)16-25-22(23-6-3)24-12-14-31(28,29)27-13-11-18-9-7-8-10-21(18)27;/h7-10,15,17H,4-6,11-14,16H2,1-3H3,(H2,23,24,25);1H. The highest BCUT2D eigenvalue weighted by Gasteiger charge is 2.28. The first-order valence-electron chi connectivity index (χ1n) is 11.0. The second kappa shape index (κ2) is 12.4. The van der Waals surface area contributed by atoms with E-state index in [1.54, 1.807) is 0 Å². The summed E-state index contributed by atoms with van der Waals surface area (Å²) in [6.07, 6.45) is 2.79. The van der Waals surface area contributed by atoms with Gasteiger partial charge in [-0.05, 0) is 37.8 Å². The zero-order chi connectivity index (χ0) is 22.3. The molecule has 0 saturated heterocycles. The topological polar surface area (TPSA) is 99.8 Å². The smallest absolute Gasteiger partial charge is 0.236 e. The Morgan fingerprint density at radius 1 is 1.22 bits per heavy atom. The van der Waals surface area contributed by atoms with Crippen LogP contribution in [0.25, 0.3) is 0 Å². The van der Waals surface area contributed by atoms with E-state index < -0.39 is 10.0 Å². The van der Waals surface area contributed by atoms with Crippen LogP contribution < -0.4 is 14.9 Å². The third-order valence-electron chi connectivity index (χ3n) is 5.55. The number of benzene rings is 1. The summed E-state index contributed by atoms with van der Waals surface area (Å²) in [5.41, 5.74) is 2.83. The molecule has 0 spiro atoms. The fourth-order valence-corrected chi connectivity index (χ4v) is 5.23. The lowest BCUT2D eigenvalue weighted by atomic mass is 9.99. The quantitative estimate of drug-likeness (QED) is 0.255. The third-order valence-corrected chi connectivity index (χ3v) is 7.32. The Hall–Kier alpha value is -1.82. The van der Waals surface area contributed by atoms with E-state index >= 15 is 0 Å². The fraction of sp³-hybridized carbons (Fsp3) is 0.545. The molecule has 8 nitrogen and oxygen atoms in total. The van der Waals surface area contributed by atoms with Gasteiger partial charge in [0.2, 0.25) is 10.0 Å². The molecular weight excluding hydrogens is 541 g/mol. The molecule has 0 radical (unpaired) electrons. The maximum absolute atomic E-state index is 12.8. The number of anilines is 1. The maximum Gasteiger partial charge on any atom is 0.236 e. The van der Waals surface area contributed by atoms with Crippen LogP contribution >= 0.6 is 24.0 Å². The molecule has 0 atom stereocenters. The van der Waals surface area contributed by atoms with Gasteiger partial charge in [-0.2, -0.15) is 0 Å². The Labute approximate surface area is 208 Å². The van der Waals surface area contributed by atoms with E-state index in [0.29, 0.717) is 37.3 Å². The second-order valence-electron chi connectivity index (χ2n) is 7.62. The van der Waals surface area contributed by atoms with Crippen molar-refractivity contribution in [2.75, 3.05) is 29.7 Å². The Balaban J connectivity index is 0.00000363. The monoisotopic (exact) mass is 575 g/mol. The number of aromatic nitrogens is 1. The van der Waals surface area contributed by atoms with E-state index in [1.807, 2.05) is 37.3 Å². The number of sulfonamides is 1. The highest BCUT2D eigenvalue weighted by atomic mass is 127. The Morgan fingerprint density at radius 2 is 1.97 bits per heavy atom. The molecule has 2 heterocycles. The van der Waals surface area contributed by atoms with Crippen molar-refractivity contribution in [3.8, 4) is 0 Å². The molecule has 2 N–H and O–H groups in total. The summed E-state index contributed by atoms with van der Waals surface area (Å²) in [6, 6.07) is 9.63. The van der Waals surface area contributed by atoms with Crippen molar-refractivity contribution in [1.82, 2.24) is 15.8 Å². The molecule has 1 aromatic heterocycles. The number of nitrogens with zero attached hydrogens (tertiary/aromatic N) is 3. The molecule has 0 unspecified atom stereocenters. The van der Waals surface area contributed by atoms with Gasteiger partial charge in [0.05, 0.1) is 17.1 Å². The van der Waals surface area contributed by atoms with Crippen molar-refractivity contribution in [2.45, 2.75) is 52.5 Å². The number of aliphatic imine (C=N–C) groups is 1.